The second-order valence-corrected chi connectivity index (χ2v) is 4.51. The highest BCUT2D eigenvalue weighted by atomic mass is 35.5. The molecular formula is C9H21Cl2N3O3S. The molecule has 110 valence electrons. The number of ketones is 1. The first-order valence-electron chi connectivity index (χ1n) is 4.68. The molecule has 0 saturated heterocycles. The number of carboxylic acids is 1. The number of Topliss-reactive ketones (excluding diaryl/α,β-unsaturated/α-hetero) is 1. The van der Waals surface area contributed by atoms with Crippen LogP contribution < -0.4 is 11.5 Å². The summed E-state index contributed by atoms with van der Waals surface area (Å²) in [6, 6.07) is 0. The lowest BCUT2D eigenvalue weighted by molar-refractivity contribution is -0.146. The van der Waals surface area contributed by atoms with Crippen molar-refractivity contribution < 1.29 is 16.1 Å². The van der Waals surface area contributed by atoms with E-state index in [-0.39, 0.29) is 32.0 Å². The molecule has 0 rings (SSSR count). The third kappa shape index (κ3) is 7.75. The lowest BCUT2D eigenvalue weighted by Crippen LogP contribution is -2.56. The van der Waals surface area contributed by atoms with Gasteiger partial charge in [0.25, 0.3) is 0 Å². The first-order valence-corrected chi connectivity index (χ1v) is 5.83. The number of nitrogens with zero attached hydrogens (tertiary/aromatic N) is 1. The summed E-state index contributed by atoms with van der Waals surface area (Å²) >= 11 is 1.27. The first-order chi connectivity index (χ1) is 7.30. The summed E-state index contributed by atoms with van der Waals surface area (Å²) in [7, 11) is 0. The van der Waals surface area contributed by atoms with Crippen LogP contribution >= 0.6 is 36.6 Å². The Kier molecular flexibility index (Phi) is 13.1. The molecule has 0 saturated carbocycles. The number of aliphatic carboxylic acids is 1. The topological polar surface area (TPSA) is 119 Å². The van der Waals surface area contributed by atoms with Crippen LogP contribution in [0.4, 0.5) is 0 Å². The summed E-state index contributed by atoms with van der Waals surface area (Å²) in [5, 5.41) is 8.84. The highest BCUT2D eigenvalue weighted by Gasteiger charge is 2.38. The molecule has 0 aromatic carbocycles. The SMILES string of the molecule is CC(=O)[C@](N)(CSCCN=C(C)N)C(=O)O.Cl.Cl.[HH]. The Morgan fingerprint density at radius 3 is 2.22 bits per heavy atom. The second kappa shape index (κ2) is 10.4. The molecule has 9 heteroatoms. The lowest BCUT2D eigenvalue weighted by atomic mass is 9.99. The van der Waals surface area contributed by atoms with E-state index in [4.69, 9.17) is 16.6 Å². The van der Waals surface area contributed by atoms with Crippen molar-refractivity contribution in [2.24, 2.45) is 16.5 Å². The summed E-state index contributed by atoms with van der Waals surface area (Å²) < 4.78 is 0. The maximum absolute atomic E-state index is 11.1. The second-order valence-electron chi connectivity index (χ2n) is 3.41. The molecule has 0 aliphatic rings. The highest BCUT2D eigenvalue weighted by Crippen LogP contribution is 2.12. The van der Waals surface area contributed by atoms with E-state index in [1.807, 2.05) is 0 Å². The van der Waals surface area contributed by atoms with E-state index >= 15 is 0 Å². The van der Waals surface area contributed by atoms with Crippen LogP contribution in [0.3, 0.4) is 0 Å². The summed E-state index contributed by atoms with van der Waals surface area (Å²) in [5.41, 5.74) is 9.02. The molecule has 1 atom stereocenters. The van der Waals surface area contributed by atoms with E-state index in [9.17, 15) is 9.59 Å². The van der Waals surface area contributed by atoms with Crippen LogP contribution in [0, 0.1) is 0 Å². The fourth-order valence-electron chi connectivity index (χ4n) is 0.834. The van der Waals surface area contributed by atoms with Crippen molar-refractivity contribution in [1.29, 1.82) is 0 Å². The average molecular weight is 322 g/mol. The Bertz CT molecular complexity index is 301. The van der Waals surface area contributed by atoms with Crippen LogP contribution in [-0.4, -0.2) is 46.3 Å². The van der Waals surface area contributed by atoms with Gasteiger partial charge in [-0.25, -0.2) is 4.79 Å². The van der Waals surface area contributed by atoms with Gasteiger partial charge in [0.15, 0.2) is 11.3 Å². The monoisotopic (exact) mass is 321 g/mol. The molecule has 6 nitrogen and oxygen atoms in total. The average Bonchev–Trinajstić information content (AvgIpc) is 2.15. The largest absolute Gasteiger partial charge is 0.480 e. The molecule has 0 aliphatic carbocycles. The number of rotatable bonds is 7. The van der Waals surface area contributed by atoms with Gasteiger partial charge < -0.3 is 16.6 Å². The zero-order valence-electron chi connectivity index (χ0n) is 10.2. The van der Waals surface area contributed by atoms with Crippen LogP contribution in [0.25, 0.3) is 0 Å². The van der Waals surface area contributed by atoms with Crippen molar-refractivity contribution in [3.05, 3.63) is 0 Å². The molecule has 0 amide bonds. The maximum Gasteiger partial charge on any atom is 0.332 e. The fraction of sp³-hybridized carbons (Fsp3) is 0.667. The molecule has 0 aliphatic heterocycles. The first kappa shape index (κ1) is 22.7. The van der Waals surface area contributed by atoms with Crippen molar-refractivity contribution >= 4 is 54.2 Å². The van der Waals surface area contributed by atoms with Crippen LogP contribution in [-0.2, 0) is 9.59 Å². The lowest BCUT2D eigenvalue weighted by Gasteiger charge is -2.20. The van der Waals surface area contributed by atoms with Crippen LogP contribution in [0.1, 0.15) is 15.3 Å². The zero-order chi connectivity index (χ0) is 12.8. The van der Waals surface area contributed by atoms with Gasteiger partial charge in [-0.3, -0.25) is 9.79 Å². The molecule has 0 fully saturated rings. The van der Waals surface area contributed by atoms with Gasteiger partial charge in [0.05, 0.1) is 5.84 Å². The van der Waals surface area contributed by atoms with Gasteiger partial charge in [-0.05, 0) is 13.8 Å². The fourth-order valence-corrected chi connectivity index (χ4v) is 1.85. The number of hydrogen-bond donors (Lipinski definition) is 3. The molecular weight excluding hydrogens is 301 g/mol. The zero-order valence-corrected chi connectivity index (χ0v) is 12.7. The third-order valence-corrected chi connectivity index (χ3v) is 3.07. The summed E-state index contributed by atoms with van der Waals surface area (Å²) in [5.74, 6) is -0.758. The van der Waals surface area contributed by atoms with Gasteiger partial charge in [0.1, 0.15) is 0 Å². The van der Waals surface area contributed by atoms with Crippen molar-refractivity contribution in [1.82, 2.24) is 0 Å². The van der Waals surface area contributed by atoms with Crippen LogP contribution in [0.2, 0.25) is 0 Å². The Labute approximate surface area is 124 Å². The van der Waals surface area contributed by atoms with Crippen molar-refractivity contribution in [3.8, 4) is 0 Å². The molecule has 0 heterocycles. The molecule has 0 unspecified atom stereocenters. The molecule has 5 N–H and O–H groups in total. The van der Waals surface area contributed by atoms with Gasteiger partial charge in [0.2, 0.25) is 0 Å². The number of halogens is 2. The Balaban J connectivity index is -0.000000375. The van der Waals surface area contributed by atoms with Gasteiger partial charge in [-0.1, -0.05) is 0 Å². The van der Waals surface area contributed by atoms with Gasteiger partial charge in [-0.15, -0.1) is 24.8 Å². The minimum absolute atomic E-state index is 0. The van der Waals surface area contributed by atoms with Gasteiger partial charge in [0, 0.05) is 19.5 Å². The van der Waals surface area contributed by atoms with E-state index < -0.39 is 17.3 Å². The van der Waals surface area contributed by atoms with E-state index in [1.165, 1.54) is 18.7 Å². The van der Waals surface area contributed by atoms with E-state index in [2.05, 4.69) is 4.99 Å². The number of hydrogen-bond acceptors (Lipinski definition) is 5. The van der Waals surface area contributed by atoms with Crippen LogP contribution in [0.5, 0.6) is 0 Å². The summed E-state index contributed by atoms with van der Waals surface area (Å²) in [4.78, 5) is 25.9. The minimum atomic E-state index is -1.80. The summed E-state index contributed by atoms with van der Waals surface area (Å²) in [6.07, 6.45) is 0. The number of carbonyl (C=O) groups excluding carboxylic acids is 1. The Morgan fingerprint density at radius 2 is 1.89 bits per heavy atom. The number of thioether (sulfide) groups is 1. The molecule has 18 heavy (non-hydrogen) atoms. The number of carbonyl (C=O) groups is 2. The molecule has 0 radical (unpaired) electrons. The number of nitrogens with two attached hydrogens (primary N) is 2. The van der Waals surface area contributed by atoms with Crippen molar-refractivity contribution in [2.45, 2.75) is 19.4 Å². The molecule has 0 spiro atoms. The number of aliphatic imine (C=N–C) groups is 1. The van der Waals surface area contributed by atoms with Crippen LogP contribution in [0.15, 0.2) is 4.99 Å². The number of carboxylic acid groups (broad SMARTS) is 1. The summed E-state index contributed by atoms with van der Waals surface area (Å²) in [6.45, 7) is 3.34. The molecule has 0 bridgehead atoms. The smallest absolute Gasteiger partial charge is 0.332 e. The number of amidine groups is 1. The van der Waals surface area contributed by atoms with E-state index in [1.54, 1.807) is 6.92 Å². The van der Waals surface area contributed by atoms with E-state index in [0.717, 1.165) is 0 Å². The highest BCUT2D eigenvalue weighted by molar-refractivity contribution is 7.99. The quantitative estimate of drug-likeness (QED) is 0.273. The predicted octanol–water partition coefficient (Wildman–Crippen LogP) is 0.557. The molecule has 0 aromatic rings. The standard InChI is InChI=1S/C9H17N3O3S.2ClH.H2/c1-6(13)9(11,8(14)15)5-16-4-3-12-7(2)10;;;/h3-5,11H2,1-2H3,(H2,10,12)(H,14,15);3*1H/t9-;;;/m1.../s1. The van der Waals surface area contributed by atoms with Crippen molar-refractivity contribution in [3.63, 3.8) is 0 Å². The van der Waals surface area contributed by atoms with Crippen molar-refractivity contribution in [2.75, 3.05) is 18.1 Å². The maximum atomic E-state index is 11.1. The Morgan fingerprint density at radius 1 is 1.39 bits per heavy atom. The predicted molar refractivity (Wildman–Crippen MR) is 81.3 cm³/mol. The molecule has 0 aromatic heterocycles. The van der Waals surface area contributed by atoms with Gasteiger partial charge in [-0.2, -0.15) is 11.8 Å². The van der Waals surface area contributed by atoms with E-state index in [0.29, 0.717) is 18.1 Å². The van der Waals surface area contributed by atoms with Gasteiger partial charge >= 0.3 is 5.97 Å². The third-order valence-electron chi connectivity index (χ3n) is 1.94. The normalized spacial score (nSPS) is 13.8. The minimum Gasteiger partial charge on any atom is -0.480 e. The Hall–Kier alpha value is -0.500.